The minimum absolute atomic E-state index is 0.0305. The van der Waals surface area contributed by atoms with Crippen LogP contribution in [-0.4, -0.2) is 24.2 Å². The van der Waals surface area contributed by atoms with Gasteiger partial charge in [-0.1, -0.05) is 108 Å². The number of halogens is 1. The number of nitrogens with zero attached hydrogens (tertiary/aromatic N) is 1. The van der Waals surface area contributed by atoms with E-state index >= 15 is 0 Å². The first kappa shape index (κ1) is 28.0. The summed E-state index contributed by atoms with van der Waals surface area (Å²) >= 11 is 7.83. The summed E-state index contributed by atoms with van der Waals surface area (Å²) in [7, 11) is 0. The van der Waals surface area contributed by atoms with Crippen molar-refractivity contribution in [3.63, 3.8) is 0 Å². The van der Waals surface area contributed by atoms with E-state index in [1.54, 1.807) is 25.1 Å². The van der Waals surface area contributed by atoms with E-state index in [9.17, 15) is 14.9 Å². The molecular formula is C33H26ClN3O3S. The fraction of sp³-hybridized carbons (Fsp3) is 0.121. The summed E-state index contributed by atoms with van der Waals surface area (Å²) in [4.78, 5) is 26.6. The summed E-state index contributed by atoms with van der Waals surface area (Å²) < 4.78 is 5.47. The van der Waals surface area contributed by atoms with E-state index in [2.05, 4.69) is 16.7 Å². The molecule has 1 heterocycles. The van der Waals surface area contributed by atoms with Crippen LogP contribution in [-0.2, 0) is 14.3 Å². The fourth-order valence-electron chi connectivity index (χ4n) is 4.84. The van der Waals surface area contributed by atoms with Crippen LogP contribution in [0.15, 0.2) is 113 Å². The number of carbonyl (C=O) groups is 2. The van der Waals surface area contributed by atoms with E-state index in [0.29, 0.717) is 27.0 Å². The van der Waals surface area contributed by atoms with Crippen molar-refractivity contribution >= 4 is 57.4 Å². The average molecular weight is 580 g/mol. The normalized spacial score (nSPS) is 14.8. The highest BCUT2D eigenvalue weighted by atomic mass is 35.5. The maximum atomic E-state index is 13.5. The number of ether oxygens (including phenoxy) is 1. The van der Waals surface area contributed by atoms with Gasteiger partial charge in [-0.3, -0.25) is 4.79 Å². The number of dihydropyridines is 1. The van der Waals surface area contributed by atoms with Crippen LogP contribution in [0.5, 0.6) is 0 Å². The Bertz CT molecular complexity index is 1720. The third-order valence-corrected chi connectivity index (χ3v) is 8.00. The van der Waals surface area contributed by atoms with Gasteiger partial charge >= 0.3 is 5.97 Å². The monoisotopic (exact) mass is 579 g/mol. The molecule has 0 aromatic heterocycles. The van der Waals surface area contributed by atoms with Gasteiger partial charge in [-0.25, -0.2) is 4.79 Å². The van der Waals surface area contributed by atoms with Crippen molar-refractivity contribution < 1.29 is 14.3 Å². The van der Waals surface area contributed by atoms with E-state index in [-0.39, 0.29) is 29.4 Å². The number of nitriles is 1. The van der Waals surface area contributed by atoms with Crippen LogP contribution in [0.4, 0.5) is 5.69 Å². The van der Waals surface area contributed by atoms with Gasteiger partial charge in [0.2, 0.25) is 5.91 Å². The molecule has 8 heteroatoms. The number of nitrogens with one attached hydrogen (secondary N) is 2. The molecule has 0 radical (unpaired) electrons. The Kier molecular flexibility index (Phi) is 8.73. The van der Waals surface area contributed by atoms with Gasteiger partial charge in [0.25, 0.3) is 0 Å². The fourth-order valence-corrected chi connectivity index (χ4v) is 5.92. The van der Waals surface area contributed by atoms with Crippen molar-refractivity contribution in [3.05, 3.63) is 129 Å². The molecule has 204 valence electrons. The lowest BCUT2D eigenvalue weighted by atomic mass is 9.81. The van der Waals surface area contributed by atoms with Gasteiger partial charge in [-0.05, 0) is 35.6 Å². The van der Waals surface area contributed by atoms with Gasteiger partial charge in [0.1, 0.15) is 0 Å². The van der Waals surface area contributed by atoms with Crippen LogP contribution in [0.2, 0.25) is 5.02 Å². The lowest BCUT2D eigenvalue weighted by Crippen LogP contribution is -2.30. The van der Waals surface area contributed by atoms with Crippen molar-refractivity contribution in [1.82, 2.24) is 5.32 Å². The minimum atomic E-state index is -0.798. The van der Waals surface area contributed by atoms with Crippen molar-refractivity contribution in [2.75, 3.05) is 17.7 Å². The topological polar surface area (TPSA) is 91.2 Å². The number of anilines is 1. The Labute approximate surface area is 247 Å². The van der Waals surface area contributed by atoms with Crippen molar-refractivity contribution in [1.29, 1.82) is 5.26 Å². The summed E-state index contributed by atoms with van der Waals surface area (Å²) in [6.07, 6.45) is 0. The standard InChI is InChI=1S/C33H26ClN3O3S/c1-2-40-33(39)30-29(24-16-8-9-17-26(24)34)25(19-35)32(37-31(30)22-12-4-3-5-13-22)41-20-28(38)36-27-18-10-14-21-11-6-7-15-23(21)27/h3-18,29,37H,2,20H2,1H3,(H,36,38)/t29-/m0/s1. The Morgan fingerprint density at radius 3 is 2.44 bits per heavy atom. The SMILES string of the molecule is CCOC(=O)C1=C(c2ccccc2)NC(SCC(=O)Nc2cccc3ccccc23)=C(C#N)[C@@H]1c1ccccc1Cl. The summed E-state index contributed by atoms with van der Waals surface area (Å²) in [5.41, 5.74) is 3.12. The van der Waals surface area contributed by atoms with Gasteiger partial charge in [0, 0.05) is 16.1 Å². The maximum absolute atomic E-state index is 13.5. The molecule has 1 amide bonds. The largest absolute Gasteiger partial charge is 0.463 e. The summed E-state index contributed by atoms with van der Waals surface area (Å²) in [6, 6.07) is 32.3. The molecule has 4 aromatic carbocycles. The predicted octanol–water partition coefficient (Wildman–Crippen LogP) is 7.26. The summed E-state index contributed by atoms with van der Waals surface area (Å²) in [5, 5.41) is 19.6. The van der Waals surface area contributed by atoms with E-state index in [0.717, 1.165) is 16.3 Å². The molecule has 0 saturated carbocycles. The molecule has 1 aliphatic heterocycles. The lowest BCUT2D eigenvalue weighted by Gasteiger charge is -2.31. The van der Waals surface area contributed by atoms with E-state index in [1.807, 2.05) is 78.9 Å². The molecular weight excluding hydrogens is 554 g/mol. The van der Waals surface area contributed by atoms with Gasteiger partial charge < -0.3 is 15.4 Å². The van der Waals surface area contributed by atoms with Crippen LogP contribution >= 0.6 is 23.4 Å². The number of fused-ring (bicyclic) bond motifs is 1. The number of carbonyl (C=O) groups excluding carboxylic acids is 2. The molecule has 6 nitrogen and oxygen atoms in total. The second-order valence-corrected chi connectivity index (χ2v) is 10.6. The minimum Gasteiger partial charge on any atom is -0.463 e. The van der Waals surface area contributed by atoms with Crippen molar-refractivity contribution in [2.24, 2.45) is 0 Å². The van der Waals surface area contributed by atoms with Crippen LogP contribution in [0.1, 0.15) is 24.0 Å². The molecule has 0 spiro atoms. The Morgan fingerprint density at radius 1 is 0.976 bits per heavy atom. The van der Waals surface area contributed by atoms with Gasteiger partial charge in [0.15, 0.2) is 0 Å². The lowest BCUT2D eigenvalue weighted by molar-refractivity contribution is -0.138. The zero-order valence-electron chi connectivity index (χ0n) is 22.2. The van der Waals surface area contributed by atoms with E-state index in [4.69, 9.17) is 16.3 Å². The number of benzene rings is 4. The molecule has 0 unspecified atom stereocenters. The van der Waals surface area contributed by atoms with Crippen LogP contribution < -0.4 is 10.6 Å². The number of hydrogen-bond donors (Lipinski definition) is 2. The number of hydrogen-bond acceptors (Lipinski definition) is 6. The zero-order valence-corrected chi connectivity index (χ0v) is 23.8. The van der Waals surface area contributed by atoms with Crippen LogP contribution in [0.3, 0.4) is 0 Å². The molecule has 0 aliphatic carbocycles. The zero-order chi connectivity index (χ0) is 28.8. The van der Waals surface area contributed by atoms with Crippen LogP contribution in [0, 0.1) is 11.3 Å². The highest BCUT2D eigenvalue weighted by Gasteiger charge is 2.38. The third-order valence-electron chi connectivity index (χ3n) is 6.64. The molecule has 1 atom stereocenters. The first-order valence-corrected chi connectivity index (χ1v) is 14.4. The van der Waals surface area contributed by atoms with Crippen molar-refractivity contribution in [2.45, 2.75) is 12.8 Å². The first-order chi connectivity index (χ1) is 20.0. The smallest absolute Gasteiger partial charge is 0.337 e. The van der Waals surface area contributed by atoms with Gasteiger partial charge in [-0.2, -0.15) is 5.26 Å². The Balaban J connectivity index is 1.53. The van der Waals surface area contributed by atoms with Gasteiger partial charge in [0.05, 0.1) is 46.2 Å². The number of amides is 1. The average Bonchev–Trinajstić information content (AvgIpc) is 3.00. The molecule has 0 bridgehead atoms. The molecule has 0 fully saturated rings. The van der Waals surface area contributed by atoms with Crippen LogP contribution in [0.25, 0.3) is 16.5 Å². The van der Waals surface area contributed by atoms with E-state index in [1.165, 1.54) is 11.8 Å². The molecule has 41 heavy (non-hydrogen) atoms. The molecule has 4 aromatic rings. The second-order valence-electron chi connectivity index (χ2n) is 9.17. The highest BCUT2D eigenvalue weighted by molar-refractivity contribution is 8.03. The number of rotatable bonds is 8. The second kappa shape index (κ2) is 12.8. The van der Waals surface area contributed by atoms with Crippen molar-refractivity contribution in [3.8, 4) is 6.07 Å². The summed E-state index contributed by atoms with van der Waals surface area (Å²) in [6.45, 7) is 1.90. The number of allylic oxidation sites excluding steroid dienone is 1. The van der Waals surface area contributed by atoms with E-state index < -0.39 is 11.9 Å². The van der Waals surface area contributed by atoms with Gasteiger partial charge in [-0.15, -0.1) is 0 Å². The highest BCUT2D eigenvalue weighted by Crippen LogP contribution is 2.45. The molecule has 1 aliphatic rings. The predicted molar refractivity (Wildman–Crippen MR) is 165 cm³/mol. The molecule has 5 rings (SSSR count). The first-order valence-electron chi connectivity index (χ1n) is 13.0. The molecule has 0 saturated heterocycles. The Hall–Kier alpha value is -4.51. The Morgan fingerprint density at radius 2 is 1.68 bits per heavy atom. The number of thioether (sulfide) groups is 1. The molecule has 2 N–H and O–H groups in total. The quantitative estimate of drug-likeness (QED) is 0.213. The third kappa shape index (κ3) is 5.99. The maximum Gasteiger partial charge on any atom is 0.337 e. The summed E-state index contributed by atoms with van der Waals surface area (Å²) in [5.74, 6) is -1.54. The number of esters is 1.